The van der Waals surface area contributed by atoms with Gasteiger partial charge in [-0.25, -0.2) is 0 Å². The Balaban J connectivity index is 1.31. The van der Waals surface area contributed by atoms with E-state index in [0.717, 1.165) is 0 Å². The van der Waals surface area contributed by atoms with E-state index in [-0.39, 0.29) is 17.7 Å². The van der Waals surface area contributed by atoms with Gasteiger partial charge < -0.3 is 15.2 Å². The molecule has 0 saturated carbocycles. The first kappa shape index (κ1) is 24.9. The van der Waals surface area contributed by atoms with E-state index < -0.39 is 0 Å². The van der Waals surface area contributed by atoms with Crippen molar-refractivity contribution in [2.24, 2.45) is 5.92 Å². The summed E-state index contributed by atoms with van der Waals surface area (Å²) >= 11 is 12.2. The van der Waals surface area contributed by atoms with Crippen LogP contribution in [0.15, 0.2) is 59.6 Å². The maximum atomic E-state index is 12.9. The number of para-hydroxylation sites is 1. The number of carbonyl (C=O) groups excluding carboxylic acids is 2. The van der Waals surface area contributed by atoms with Crippen LogP contribution in [0.1, 0.15) is 29.1 Å². The number of hydrogen-bond donors (Lipinski definition) is 2. The van der Waals surface area contributed by atoms with E-state index in [1.807, 2.05) is 0 Å². The molecule has 1 aromatic heterocycles. The molecule has 3 aromatic rings. The van der Waals surface area contributed by atoms with Crippen LogP contribution in [0, 0.1) is 5.92 Å². The van der Waals surface area contributed by atoms with Crippen molar-refractivity contribution in [3.8, 4) is 11.4 Å². The molecule has 0 unspecified atom stereocenters. The lowest BCUT2D eigenvalue weighted by molar-refractivity contribution is -0.121. The predicted octanol–water partition coefficient (Wildman–Crippen LogP) is 4.81. The fourth-order valence-electron chi connectivity index (χ4n) is 3.93. The van der Waals surface area contributed by atoms with Crippen LogP contribution in [-0.2, 0) is 11.3 Å². The standard InChI is InChI=1S/C25H25Cl2N5O3/c1-2-11-28-25(34)19-5-3-4-6-21(19)29-24(33)16-9-12-32(13-10-16)15-22-30-23(31-35-22)18-8-7-17(26)14-20(18)27/h2-8,14,16H,1,9-13,15H2,(H,28,34)(H,29,33). The average Bonchev–Trinajstić information content (AvgIpc) is 3.31. The number of benzene rings is 2. The van der Waals surface area contributed by atoms with Crippen molar-refractivity contribution in [2.75, 3.05) is 25.0 Å². The number of rotatable bonds is 8. The van der Waals surface area contributed by atoms with E-state index in [1.165, 1.54) is 0 Å². The summed E-state index contributed by atoms with van der Waals surface area (Å²) in [7, 11) is 0. The molecule has 2 aromatic carbocycles. The van der Waals surface area contributed by atoms with Crippen molar-refractivity contribution >= 4 is 40.7 Å². The third kappa shape index (κ3) is 6.28. The summed E-state index contributed by atoms with van der Waals surface area (Å²) in [4.78, 5) is 31.9. The number of nitrogens with one attached hydrogen (secondary N) is 2. The van der Waals surface area contributed by atoms with Crippen molar-refractivity contribution < 1.29 is 14.1 Å². The molecule has 35 heavy (non-hydrogen) atoms. The van der Waals surface area contributed by atoms with Crippen molar-refractivity contribution in [1.82, 2.24) is 20.4 Å². The van der Waals surface area contributed by atoms with Gasteiger partial charge in [0.05, 0.1) is 22.8 Å². The van der Waals surface area contributed by atoms with Crippen molar-refractivity contribution in [3.63, 3.8) is 0 Å². The van der Waals surface area contributed by atoms with Gasteiger partial charge in [-0.3, -0.25) is 14.5 Å². The van der Waals surface area contributed by atoms with E-state index in [2.05, 4.69) is 32.3 Å². The molecule has 1 aliphatic heterocycles. The number of nitrogens with zero attached hydrogens (tertiary/aromatic N) is 3. The van der Waals surface area contributed by atoms with Gasteiger partial charge in [0.2, 0.25) is 17.6 Å². The number of hydrogen-bond acceptors (Lipinski definition) is 6. The number of amides is 2. The Hall–Kier alpha value is -3.20. The zero-order chi connectivity index (χ0) is 24.8. The fraction of sp³-hybridized carbons (Fsp3) is 0.280. The summed E-state index contributed by atoms with van der Waals surface area (Å²) in [5, 5.41) is 10.7. The zero-order valence-corrected chi connectivity index (χ0v) is 20.5. The third-order valence-electron chi connectivity index (χ3n) is 5.79. The summed E-state index contributed by atoms with van der Waals surface area (Å²) < 4.78 is 5.41. The zero-order valence-electron chi connectivity index (χ0n) is 19.0. The van der Waals surface area contributed by atoms with Crippen LogP contribution in [-0.4, -0.2) is 46.5 Å². The lowest BCUT2D eigenvalue weighted by atomic mass is 9.95. The Bertz CT molecular complexity index is 1220. The average molecular weight is 514 g/mol. The lowest BCUT2D eigenvalue weighted by Crippen LogP contribution is -2.38. The molecule has 8 nitrogen and oxygen atoms in total. The highest BCUT2D eigenvalue weighted by molar-refractivity contribution is 6.36. The number of piperidine rings is 1. The highest BCUT2D eigenvalue weighted by Crippen LogP contribution is 2.29. The van der Waals surface area contributed by atoms with E-state index >= 15 is 0 Å². The van der Waals surface area contributed by atoms with Crippen LogP contribution in [0.2, 0.25) is 10.0 Å². The van der Waals surface area contributed by atoms with Gasteiger partial charge in [-0.05, 0) is 56.3 Å². The summed E-state index contributed by atoms with van der Waals surface area (Å²) in [6, 6.07) is 12.1. The van der Waals surface area contributed by atoms with E-state index in [4.69, 9.17) is 27.7 Å². The van der Waals surface area contributed by atoms with Gasteiger partial charge in [0.1, 0.15) is 0 Å². The summed E-state index contributed by atoms with van der Waals surface area (Å²) in [5.74, 6) is 0.391. The molecule has 0 spiro atoms. The van der Waals surface area contributed by atoms with E-state index in [9.17, 15) is 9.59 Å². The summed E-state index contributed by atoms with van der Waals surface area (Å²) in [5.41, 5.74) is 1.58. The maximum Gasteiger partial charge on any atom is 0.253 e. The Morgan fingerprint density at radius 2 is 1.94 bits per heavy atom. The van der Waals surface area contributed by atoms with Gasteiger partial charge in [0, 0.05) is 23.0 Å². The topological polar surface area (TPSA) is 100 Å². The highest BCUT2D eigenvalue weighted by Gasteiger charge is 2.27. The largest absolute Gasteiger partial charge is 0.349 e. The molecule has 2 N–H and O–H groups in total. The quantitative estimate of drug-likeness (QED) is 0.419. The summed E-state index contributed by atoms with van der Waals surface area (Å²) in [6.07, 6.45) is 2.97. The number of anilines is 1. The number of aromatic nitrogens is 2. The Labute approximate surface area is 213 Å². The molecule has 4 rings (SSSR count). The van der Waals surface area contributed by atoms with Crippen LogP contribution in [0.3, 0.4) is 0 Å². The smallest absolute Gasteiger partial charge is 0.253 e. The van der Waals surface area contributed by atoms with Crippen LogP contribution >= 0.6 is 23.2 Å². The van der Waals surface area contributed by atoms with Gasteiger partial charge in [0.15, 0.2) is 0 Å². The molecule has 0 radical (unpaired) electrons. The number of likely N-dealkylation sites (tertiary alicyclic amines) is 1. The monoisotopic (exact) mass is 513 g/mol. The normalized spacial score (nSPS) is 14.5. The summed E-state index contributed by atoms with van der Waals surface area (Å²) in [6.45, 7) is 5.86. The van der Waals surface area contributed by atoms with E-state index in [1.54, 1.807) is 48.5 Å². The molecule has 2 heterocycles. The Kier molecular flexibility index (Phi) is 8.17. The molecular formula is C25H25Cl2N5O3. The van der Waals surface area contributed by atoms with Crippen LogP contribution in [0.5, 0.6) is 0 Å². The first-order valence-electron chi connectivity index (χ1n) is 11.2. The molecule has 1 aliphatic rings. The van der Waals surface area contributed by atoms with E-state index in [0.29, 0.717) is 77.6 Å². The number of halogens is 2. The Morgan fingerprint density at radius 1 is 1.17 bits per heavy atom. The molecule has 10 heteroatoms. The molecule has 0 atom stereocenters. The molecule has 1 saturated heterocycles. The maximum absolute atomic E-state index is 12.9. The third-order valence-corrected chi connectivity index (χ3v) is 6.34. The van der Waals surface area contributed by atoms with Gasteiger partial charge >= 0.3 is 0 Å². The van der Waals surface area contributed by atoms with Gasteiger partial charge in [0.25, 0.3) is 5.91 Å². The Morgan fingerprint density at radius 3 is 2.69 bits per heavy atom. The van der Waals surface area contributed by atoms with Crippen molar-refractivity contribution in [1.29, 1.82) is 0 Å². The van der Waals surface area contributed by atoms with Crippen LogP contribution < -0.4 is 10.6 Å². The molecule has 0 aliphatic carbocycles. The minimum absolute atomic E-state index is 0.0916. The second-order valence-electron chi connectivity index (χ2n) is 8.22. The van der Waals surface area contributed by atoms with Gasteiger partial charge in [-0.2, -0.15) is 4.98 Å². The van der Waals surface area contributed by atoms with Gasteiger partial charge in [-0.15, -0.1) is 6.58 Å². The minimum Gasteiger partial charge on any atom is -0.349 e. The number of carbonyl (C=O) groups is 2. The SMILES string of the molecule is C=CCNC(=O)c1ccccc1NC(=O)C1CCN(Cc2nc(-c3ccc(Cl)cc3Cl)no2)CC1. The van der Waals surface area contributed by atoms with Crippen LogP contribution in [0.4, 0.5) is 5.69 Å². The lowest BCUT2D eigenvalue weighted by Gasteiger charge is -2.30. The fourth-order valence-corrected chi connectivity index (χ4v) is 4.42. The first-order chi connectivity index (χ1) is 16.9. The van der Waals surface area contributed by atoms with Crippen molar-refractivity contribution in [3.05, 3.63) is 76.6 Å². The second kappa shape index (κ2) is 11.5. The molecule has 0 bridgehead atoms. The van der Waals surface area contributed by atoms with Crippen molar-refractivity contribution in [2.45, 2.75) is 19.4 Å². The van der Waals surface area contributed by atoms with Crippen LogP contribution in [0.25, 0.3) is 11.4 Å². The first-order valence-corrected chi connectivity index (χ1v) is 12.0. The predicted molar refractivity (Wildman–Crippen MR) is 135 cm³/mol. The molecule has 1 fully saturated rings. The van der Waals surface area contributed by atoms with Gasteiger partial charge in [-0.1, -0.05) is 46.6 Å². The second-order valence-corrected chi connectivity index (χ2v) is 9.06. The molecule has 2 amide bonds. The highest BCUT2D eigenvalue weighted by atomic mass is 35.5. The molecule has 182 valence electrons. The minimum atomic E-state index is -0.255. The molecular weight excluding hydrogens is 489 g/mol.